The van der Waals surface area contributed by atoms with Crippen molar-refractivity contribution in [2.75, 3.05) is 19.8 Å². The lowest BCUT2D eigenvalue weighted by atomic mass is 9.89. The highest BCUT2D eigenvalue weighted by atomic mass is 32.2. The van der Waals surface area contributed by atoms with Gasteiger partial charge in [0.25, 0.3) is 5.69 Å². The van der Waals surface area contributed by atoms with Gasteiger partial charge in [0.1, 0.15) is 5.54 Å². The number of aliphatic hydroxyl groups excluding tert-OH is 1. The summed E-state index contributed by atoms with van der Waals surface area (Å²) in [6.45, 7) is 2.34. The van der Waals surface area contributed by atoms with Crippen LogP contribution in [0.4, 0.5) is 5.69 Å². The minimum absolute atomic E-state index is 0.0309. The molecule has 11 nitrogen and oxygen atoms in total. The van der Waals surface area contributed by atoms with Crippen molar-refractivity contribution in [2.45, 2.75) is 50.0 Å². The third-order valence-electron chi connectivity index (χ3n) is 4.16. The van der Waals surface area contributed by atoms with Crippen LogP contribution in [0.25, 0.3) is 0 Å². The predicted molar refractivity (Wildman–Crippen MR) is 105 cm³/mol. The molecule has 0 aromatic heterocycles. The van der Waals surface area contributed by atoms with Crippen LogP contribution in [0.2, 0.25) is 0 Å². The first-order valence-electron chi connectivity index (χ1n) is 9.28. The van der Waals surface area contributed by atoms with E-state index in [4.69, 9.17) is 9.47 Å². The van der Waals surface area contributed by atoms with Crippen LogP contribution in [0, 0.1) is 10.1 Å². The number of hydrogen-bond acceptors (Lipinski definition) is 9. The van der Waals surface area contributed by atoms with E-state index in [0.717, 1.165) is 12.1 Å². The molecule has 1 aromatic carbocycles. The van der Waals surface area contributed by atoms with Gasteiger partial charge in [-0.3, -0.25) is 19.7 Å². The van der Waals surface area contributed by atoms with E-state index in [1.54, 1.807) is 6.92 Å². The van der Waals surface area contributed by atoms with E-state index in [2.05, 4.69) is 4.72 Å². The third-order valence-corrected chi connectivity index (χ3v) is 5.75. The number of sulfonamides is 1. The molecule has 1 atom stereocenters. The Morgan fingerprint density at radius 2 is 1.83 bits per heavy atom. The molecule has 0 aliphatic rings. The first-order chi connectivity index (χ1) is 14.1. The van der Waals surface area contributed by atoms with Gasteiger partial charge in [-0.25, -0.2) is 8.42 Å². The normalized spacial score (nSPS) is 13.3. The molecule has 0 radical (unpaired) electrons. The minimum atomic E-state index is -4.52. The molecule has 0 amide bonds. The predicted octanol–water partition coefficient (Wildman–Crippen LogP) is 1.29. The number of rotatable bonds is 13. The van der Waals surface area contributed by atoms with Crippen molar-refractivity contribution in [3.8, 4) is 0 Å². The minimum Gasteiger partial charge on any atom is -0.466 e. The summed E-state index contributed by atoms with van der Waals surface area (Å²) in [7, 11) is -4.52. The van der Waals surface area contributed by atoms with Crippen molar-refractivity contribution in [3.05, 3.63) is 34.4 Å². The van der Waals surface area contributed by atoms with Crippen LogP contribution in [0.1, 0.15) is 39.5 Å². The fourth-order valence-electron chi connectivity index (χ4n) is 2.86. The Morgan fingerprint density at radius 3 is 2.40 bits per heavy atom. The van der Waals surface area contributed by atoms with Gasteiger partial charge < -0.3 is 14.6 Å². The van der Waals surface area contributed by atoms with E-state index in [1.807, 2.05) is 0 Å². The molecule has 12 heteroatoms. The molecule has 0 saturated carbocycles. The van der Waals surface area contributed by atoms with Crippen molar-refractivity contribution >= 4 is 27.6 Å². The number of esters is 2. The highest BCUT2D eigenvalue weighted by Gasteiger charge is 2.44. The zero-order chi connectivity index (χ0) is 22.8. The van der Waals surface area contributed by atoms with Crippen LogP contribution in [0.5, 0.6) is 0 Å². The Balaban J connectivity index is 3.35. The largest absolute Gasteiger partial charge is 0.466 e. The number of benzene rings is 1. The average Bonchev–Trinajstić information content (AvgIpc) is 2.69. The Hall–Kier alpha value is -2.57. The fraction of sp³-hybridized carbons (Fsp3) is 0.556. The van der Waals surface area contributed by atoms with E-state index in [9.17, 15) is 33.2 Å². The highest BCUT2D eigenvalue weighted by Crippen LogP contribution is 2.29. The average molecular weight is 446 g/mol. The Labute approximate surface area is 174 Å². The topological polar surface area (TPSA) is 162 Å². The molecule has 30 heavy (non-hydrogen) atoms. The van der Waals surface area contributed by atoms with Gasteiger partial charge in [0.05, 0.1) is 18.1 Å². The first-order valence-corrected chi connectivity index (χ1v) is 10.8. The maximum Gasteiger partial charge on any atom is 0.327 e. The summed E-state index contributed by atoms with van der Waals surface area (Å²) in [4.78, 5) is 33.5. The molecule has 0 saturated heterocycles. The number of nitrogens with one attached hydrogen (secondary N) is 1. The summed E-state index contributed by atoms with van der Waals surface area (Å²) < 4.78 is 38.2. The number of nitrogens with zero attached hydrogens (tertiary/aromatic N) is 1. The number of carbonyl (C=O) groups is 2. The van der Waals surface area contributed by atoms with Crippen molar-refractivity contribution in [3.63, 3.8) is 0 Å². The Bertz CT molecular complexity index is 857. The monoisotopic (exact) mass is 446 g/mol. The second-order valence-electron chi connectivity index (χ2n) is 6.40. The first kappa shape index (κ1) is 25.5. The number of para-hydroxylation sites is 1. The van der Waals surface area contributed by atoms with E-state index >= 15 is 0 Å². The summed E-state index contributed by atoms with van der Waals surface area (Å²) in [5.41, 5.74) is -2.45. The van der Waals surface area contributed by atoms with Crippen molar-refractivity contribution in [1.29, 1.82) is 0 Å². The maximum absolute atomic E-state index is 13.0. The molecular formula is C18H26N2O9S. The number of nitro benzene ring substituents is 1. The molecule has 0 spiro atoms. The van der Waals surface area contributed by atoms with Crippen LogP contribution in [-0.4, -0.2) is 55.7 Å². The summed E-state index contributed by atoms with van der Waals surface area (Å²) in [6, 6.07) is 4.74. The molecular weight excluding hydrogens is 420 g/mol. The van der Waals surface area contributed by atoms with Crippen LogP contribution >= 0.6 is 0 Å². The molecule has 0 aliphatic carbocycles. The molecule has 2 N–H and O–H groups in total. The summed E-state index contributed by atoms with van der Waals surface area (Å²) in [5.74, 6) is -1.42. The maximum atomic E-state index is 13.0. The lowest BCUT2D eigenvalue weighted by Crippen LogP contribution is -2.55. The summed E-state index contributed by atoms with van der Waals surface area (Å²) in [5, 5.41) is 20.5. The smallest absolute Gasteiger partial charge is 0.327 e. The van der Waals surface area contributed by atoms with Crippen molar-refractivity contribution in [1.82, 2.24) is 4.72 Å². The van der Waals surface area contributed by atoms with Gasteiger partial charge in [0.2, 0.25) is 10.0 Å². The van der Waals surface area contributed by atoms with E-state index in [-0.39, 0.29) is 45.5 Å². The Morgan fingerprint density at radius 1 is 1.20 bits per heavy atom. The number of ether oxygens (including phenoxy) is 2. The molecule has 1 rings (SSSR count). The SMILES string of the molecule is CCOC(=O)[C@](CCCO)(CCCOC(C)=O)NS(=O)(=O)c1ccccc1[N+](=O)[O-]. The number of aliphatic hydroxyl groups is 1. The second-order valence-corrected chi connectivity index (χ2v) is 8.05. The fourth-order valence-corrected chi connectivity index (χ4v) is 4.45. The molecule has 0 unspecified atom stereocenters. The van der Waals surface area contributed by atoms with E-state index in [1.165, 1.54) is 19.1 Å². The standard InChI is InChI=1S/C18H26N2O9S/c1-3-28-17(23)18(10-6-12-21,11-7-13-29-14(2)22)19-30(26,27)16-9-5-4-8-15(16)20(24)25/h4-5,8-9,19,21H,3,6-7,10-13H2,1-2H3/t18-/m0/s1. The lowest BCUT2D eigenvalue weighted by Gasteiger charge is -2.32. The Kier molecular flexibility index (Phi) is 9.82. The summed E-state index contributed by atoms with van der Waals surface area (Å²) >= 11 is 0. The highest BCUT2D eigenvalue weighted by molar-refractivity contribution is 7.89. The number of hydrogen-bond donors (Lipinski definition) is 2. The quantitative estimate of drug-likeness (QED) is 0.197. The van der Waals surface area contributed by atoms with Crippen LogP contribution in [0.3, 0.4) is 0 Å². The molecule has 1 aromatic rings. The lowest BCUT2D eigenvalue weighted by molar-refractivity contribution is -0.387. The summed E-state index contributed by atoms with van der Waals surface area (Å²) in [6.07, 6.45) is -0.0593. The van der Waals surface area contributed by atoms with Crippen molar-refractivity contribution < 1.29 is 37.5 Å². The number of carbonyl (C=O) groups excluding carboxylic acids is 2. The second kappa shape index (κ2) is 11.6. The van der Waals surface area contributed by atoms with Gasteiger partial charge in [-0.15, -0.1) is 0 Å². The van der Waals surface area contributed by atoms with Crippen molar-refractivity contribution in [2.24, 2.45) is 0 Å². The van der Waals surface area contributed by atoms with Gasteiger partial charge in [0.15, 0.2) is 4.90 Å². The molecule has 0 bridgehead atoms. The number of nitro groups is 1. The van der Waals surface area contributed by atoms with Gasteiger partial charge in [-0.1, -0.05) is 12.1 Å². The van der Waals surface area contributed by atoms with Crippen LogP contribution in [-0.2, 0) is 29.1 Å². The third kappa shape index (κ3) is 7.04. The molecule has 0 heterocycles. The molecule has 0 aliphatic heterocycles. The molecule has 168 valence electrons. The zero-order valence-corrected chi connectivity index (χ0v) is 17.6. The van der Waals surface area contributed by atoms with Crippen LogP contribution in [0.15, 0.2) is 29.2 Å². The van der Waals surface area contributed by atoms with Gasteiger partial charge in [0, 0.05) is 19.6 Å². The van der Waals surface area contributed by atoms with E-state index in [0.29, 0.717) is 0 Å². The van der Waals surface area contributed by atoms with Gasteiger partial charge in [-0.2, -0.15) is 4.72 Å². The van der Waals surface area contributed by atoms with E-state index < -0.39 is 43.0 Å². The van der Waals surface area contributed by atoms with Crippen LogP contribution < -0.4 is 4.72 Å². The van der Waals surface area contributed by atoms with Gasteiger partial charge >= 0.3 is 11.9 Å². The molecule has 0 fully saturated rings. The zero-order valence-electron chi connectivity index (χ0n) is 16.8. The van der Waals surface area contributed by atoms with Gasteiger partial charge in [-0.05, 0) is 38.7 Å².